The second-order valence-corrected chi connectivity index (χ2v) is 8.08. The average molecular weight is 495 g/mol. The molecule has 3 aromatic rings. The van der Waals surface area contributed by atoms with Crippen molar-refractivity contribution in [2.24, 2.45) is 0 Å². The number of nitro groups is 1. The summed E-state index contributed by atoms with van der Waals surface area (Å²) in [4.78, 5) is 48.8. The lowest BCUT2D eigenvalue weighted by Crippen LogP contribution is -2.30. The highest BCUT2D eigenvalue weighted by Crippen LogP contribution is 2.33. The maximum Gasteiger partial charge on any atom is 0.338 e. The molecule has 0 bridgehead atoms. The highest BCUT2D eigenvalue weighted by atomic mass is 35.5. The van der Waals surface area contributed by atoms with Crippen molar-refractivity contribution < 1.29 is 28.8 Å². The molecule has 178 valence electrons. The zero-order valence-electron chi connectivity index (χ0n) is 18.3. The number of rotatable bonds is 9. The van der Waals surface area contributed by atoms with Crippen molar-refractivity contribution in [2.75, 3.05) is 13.2 Å². The maximum atomic E-state index is 12.3. The number of hydrogen-bond donors (Lipinski definition) is 0. The zero-order valence-corrected chi connectivity index (χ0v) is 19.1. The Labute approximate surface area is 205 Å². The molecule has 1 aliphatic rings. The number of hydrogen-bond acceptors (Lipinski definition) is 7. The van der Waals surface area contributed by atoms with Crippen molar-refractivity contribution in [3.63, 3.8) is 0 Å². The predicted octanol–water partition coefficient (Wildman–Crippen LogP) is 5.27. The van der Waals surface area contributed by atoms with Crippen LogP contribution in [0.1, 0.15) is 43.9 Å². The number of amides is 2. The minimum atomic E-state index is -0.596. The first kappa shape index (κ1) is 23.9. The Morgan fingerprint density at radius 2 is 1.60 bits per heavy atom. The summed E-state index contributed by atoms with van der Waals surface area (Å²) >= 11 is 5.80. The molecule has 1 heterocycles. The summed E-state index contributed by atoms with van der Waals surface area (Å²) in [6, 6.07) is 16.7. The molecule has 0 saturated carbocycles. The van der Waals surface area contributed by atoms with Gasteiger partial charge in [0.25, 0.3) is 11.8 Å². The van der Waals surface area contributed by atoms with Crippen molar-refractivity contribution in [1.82, 2.24) is 4.90 Å². The van der Waals surface area contributed by atoms with Gasteiger partial charge in [0, 0.05) is 17.6 Å². The average Bonchev–Trinajstić information content (AvgIpc) is 3.10. The van der Waals surface area contributed by atoms with Gasteiger partial charge in [0.05, 0.1) is 28.2 Å². The van der Waals surface area contributed by atoms with Crippen molar-refractivity contribution in [1.29, 1.82) is 0 Å². The Balaban J connectivity index is 1.24. The normalized spacial score (nSPS) is 12.4. The number of halogens is 1. The second-order valence-electron chi connectivity index (χ2n) is 7.65. The monoisotopic (exact) mass is 494 g/mol. The summed E-state index contributed by atoms with van der Waals surface area (Å²) in [5, 5.41) is 11.4. The van der Waals surface area contributed by atoms with E-state index < -0.39 is 10.9 Å². The van der Waals surface area contributed by atoms with E-state index in [1.54, 1.807) is 24.3 Å². The minimum absolute atomic E-state index is 0.0211. The molecule has 0 atom stereocenters. The smallest absolute Gasteiger partial charge is 0.338 e. The number of carbonyl (C=O) groups is 3. The standard InChI is InChI=1S/C25H19ClN2O7/c26-17-9-12-22(21(15-17)28(32)33)35-18-10-7-16(8-11-18)25(31)34-14-4-3-13-27-23(29)19-5-1-2-6-20(19)24(27)30/h1-2,5-12,15H,3-4,13-14H2. The SMILES string of the molecule is O=C(OCCCCN1C(=O)c2ccccc2C1=O)c1ccc(Oc2ccc(Cl)cc2[N+](=O)[O-])cc1. The fourth-order valence-electron chi connectivity index (χ4n) is 3.57. The Hall–Kier alpha value is -4.24. The zero-order chi connectivity index (χ0) is 24.9. The van der Waals surface area contributed by atoms with Crippen LogP contribution in [0, 0.1) is 10.1 Å². The Kier molecular flexibility index (Phi) is 7.07. The molecule has 35 heavy (non-hydrogen) atoms. The fraction of sp³-hybridized carbons (Fsp3) is 0.160. The molecule has 0 radical (unpaired) electrons. The van der Waals surface area contributed by atoms with Gasteiger partial charge in [-0.15, -0.1) is 0 Å². The highest BCUT2D eigenvalue weighted by Gasteiger charge is 2.34. The van der Waals surface area contributed by atoms with E-state index in [-0.39, 0.29) is 47.0 Å². The van der Waals surface area contributed by atoms with Gasteiger partial charge in [-0.1, -0.05) is 23.7 Å². The number of esters is 1. The number of nitro benzene ring substituents is 1. The van der Waals surface area contributed by atoms with Crippen LogP contribution in [0.5, 0.6) is 11.5 Å². The van der Waals surface area contributed by atoms with Gasteiger partial charge in [-0.2, -0.15) is 0 Å². The predicted molar refractivity (Wildman–Crippen MR) is 126 cm³/mol. The van der Waals surface area contributed by atoms with Gasteiger partial charge in [-0.05, 0) is 61.4 Å². The minimum Gasteiger partial charge on any atom is -0.462 e. The van der Waals surface area contributed by atoms with Crippen LogP contribution in [0.25, 0.3) is 0 Å². The molecular formula is C25H19ClN2O7. The maximum absolute atomic E-state index is 12.3. The van der Waals surface area contributed by atoms with E-state index in [1.165, 1.54) is 47.4 Å². The molecule has 0 spiro atoms. The third kappa shape index (κ3) is 5.30. The van der Waals surface area contributed by atoms with Crippen LogP contribution in [0.4, 0.5) is 5.69 Å². The Bertz CT molecular complexity index is 1270. The van der Waals surface area contributed by atoms with Gasteiger partial charge >= 0.3 is 11.7 Å². The summed E-state index contributed by atoms with van der Waals surface area (Å²) in [6.07, 6.45) is 0.964. The molecule has 10 heteroatoms. The van der Waals surface area contributed by atoms with Crippen LogP contribution < -0.4 is 4.74 Å². The molecule has 0 unspecified atom stereocenters. The van der Waals surface area contributed by atoms with Crippen LogP contribution in [0.15, 0.2) is 66.7 Å². The third-order valence-electron chi connectivity index (χ3n) is 5.32. The lowest BCUT2D eigenvalue weighted by molar-refractivity contribution is -0.385. The molecule has 2 amide bonds. The van der Waals surface area contributed by atoms with Crippen molar-refractivity contribution >= 4 is 35.1 Å². The van der Waals surface area contributed by atoms with Crippen LogP contribution in [-0.4, -0.2) is 40.8 Å². The van der Waals surface area contributed by atoms with E-state index in [0.717, 1.165) is 0 Å². The number of unbranched alkanes of at least 4 members (excludes halogenated alkanes) is 1. The molecule has 9 nitrogen and oxygen atoms in total. The Morgan fingerprint density at radius 3 is 2.23 bits per heavy atom. The van der Waals surface area contributed by atoms with Gasteiger partial charge in [-0.25, -0.2) is 4.79 Å². The number of carbonyl (C=O) groups excluding carboxylic acids is 3. The van der Waals surface area contributed by atoms with Crippen molar-refractivity contribution in [3.05, 3.63) is 98.6 Å². The van der Waals surface area contributed by atoms with E-state index in [1.807, 2.05) is 0 Å². The molecule has 1 aliphatic heterocycles. The summed E-state index contributed by atoms with van der Waals surface area (Å²) < 4.78 is 10.8. The van der Waals surface area contributed by atoms with E-state index in [0.29, 0.717) is 29.7 Å². The molecule has 0 aliphatic carbocycles. The van der Waals surface area contributed by atoms with Gasteiger partial charge in [-0.3, -0.25) is 24.6 Å². The van der Waals surface area contributed by atoms with E-state index in [2.05, 4.69) is 0 Å². The number of benzene rings is 3. The number of imide groups is 1. The van der Waals surface area contributed by atoms with Crippen LogP contribution >= 0.6 is 11.6 Å². The van der Waals surface area contributed by atoms with E-state index in [9.17, 15) is 24.5 Å². The van der Waals surface area contributed by atoms with Crippen molar-refractivity contribution in [3.8, 4) is 11.5 Å². The summed E-state index contributed by atoms with van der Waals surface area (Å²) in [7, 11) is 0. The van der Waals surface area contributed by atoms with Gasteiger partial charge in [0.2, 0.25) is 5.75 Å². The number of nitrogens with zero attached hydrogens (tertiary/aromatic N) is 2. The summed E-state index contributed by atoms with van der Waals surface area (Å²) in [6.45, 7) is 0.365. The Morgan fingerprint density at radius 1 is 0.943 bits per heavy atom. The first-order chi connectivity index (χ1) is 16.8. The molecule has 0 fully saturated rings. The topological polar surface area (TPSA) is 116 Å². The van der Waals surface area contributed by atoms with Crippen LogP contribution in [0.3, 0.4) is 0 Å². The molecule has 0 N–H and O–H groups in total. The largest absolute Gasteiger partial charge is 0.462 e. The summed E-state index contributed by atoms with van der Waals surface area (Å²) in [5.41, 5.74) is 0.814. The first-order valence-electron chi connectivity index (χ1n) is 10.7. The molecule has 4 rings (SSSR count). The lowest BCUT2D eigenvalue weighted by Gasteiger charge is -2.13. The van der Waals surface area contributed by atoms with Gasteiger partial charge < -0.3 is 9.47 Å². The van der Waals surface area contributed by atoms with Crippen molar-refractivity contribution in [2.45, 2.75) is 12.8 Å². The molecule has 0 saturated heterocycles. The molecule has 0 aromatic heterocycles. The fourth-order valence-corrected chi connectivity index (χ4v) is 3.73. The van der Waals surface area contributed by atoms with E-state index in [4.69, 9.17) is 21.1 Å². The molecule has 3 aromatic carbocycles. The molecular weight excluding hydrogens is 476 g/mol. The number of ether oxygens (including phenoxy) is 2. The van der Waals surface area contributed by atoms with Crippen LogP contribution in [-0.2, 0) is 4.74 Å². The first-order valence-corrected chi connectivity index (χ1v) is 11.1. The van der Waals surface area contributed by atoms with Gasteiger partial charge in [0.15, 0.2) is 0 Å². The highest BCUT2D eigenvalue weighted by molar-refractivity contribution is 6.30. The van der Waals surface area contributed by atoms with Crippen LogP contribution in [0.2, 0.25) is 5.02 Å². The quantitative estimate of drug-likeness (QED) is 0.131. The number of fused-ring (bicyclic) bond motifs is 1. The van der Waals surface area contributed by atoms with Gasteiger partial charge in [0.1, 0.15) is 5.75 Å². The third-order valence-corrected chi connectivity index (χ3v) is 5.56. The second kappa shape index (κ2) is 10.4. The summed E-state index contributed by atoms with van der Waals surface area (Å²) in [5.74, 6) is -0.849. The lowest BCUT2D eigenvalue weighted by atomic mass is 10.1. The van der Waals surface area contributed by atoms with E-state index >= 15 is 0 Å².